The third-order valence-corrected chi connectivity index (χ3v) is 3.80. The molecule has 0 aliphatic heterocycles. The van der Waals surface area contributed by atoms with E-state index in [9.17, 15) is 4.79 Å². The third kappa shape index (κ3) is 2.51. The highest BCUT2D eigenvalue weighted by Crippen LogP contribution is 2.31. The number of nitrogens with one attached hydrogen (secondary N) is 1. The summed E-state index contributed by atoms with van der Waals surface area (Å²) in [6, 6.07) is 8.84. The molecule has 0 atom stereocenters. The highest BCUT2D eigenvalue weighted by molar-refractivity contribution is 6.31. The number of fused-ring (bicyclic) bond motifs is 1. The van der Waals surface area contributed by atoms with Crippen molar-refractivity contribution < 1.29 is 9.53 Å². The lowest BCUT2D eigenvalue weighted by atomic mass is 10.2. The molecule has 22 heavy (non-hydrogen) atoms. The molecule has 2 aromatic heterocycles. The van der Waals surface area contributed by atoms with E-state index in [0.717, 1.165) is 5.56 Å². The van der Waals surface area contributed by atoms with E-state index in [2.05, 4.69) is 10.3 Å². The highest BCUT2D eigenvalue weighted by atomic mass is 35.5. The number of benzene rings is 1. The molecule has 3 rings (SSSR count). The van der Waals surface area contributed by atoms with Crippen molar-refractivity contribution in [1.82, 2.24) is 9.38 Å². The van der Waals surface area contributed by atoms with Gasteiger partial charge in [0, 0.05) is 23.5 Å². The average molecular weight is 316 g/mol. The highest BCUT2D eigenvalue weighted by Gasteiger charge is 2.14. The predicted octanol–water partition coefficient (Wildman–Crippen LogP) is 3.56. The molecule has 0 fully saturated rings. The summed E-state index contributed by atoms with van der Waals surface area (Å²) in [4.78, 5) is 16.7. The number of nitrogens with zero attached hydrogens (tertiary/aromatic N) is 2. The molecular formula is C16H14ClN3O2. The molecular weight excluding hydrogens is 302 g/mol. The smallest absolute Gasteiger partial charge is 0.272 e. The molecule has 5 nitrogen and oxygen atoms in total. The van der Waals surface area contributed by atoms with E-state index in [4.69, 9.17) is 16.3 Å². The molecule has 0 aliphatic carbocycles. The molecule has 0 unspecified atom stereocenters. The van der Waals surface area contributed by atoms with Crippen molar-refractivity contribution in [3.05, 3.63) is 59.0 Å². The number of carbonyl (C=O) groups excluding carboxylic acids is 1. The van der Waals surface area contributed by atoms with Crippen LogP contribution in [0.1, 0.15) is 16.1 Å². The summed E-state index contributed by atoms with van der Waals surface area (Å²) in [6.45, 7) is 1.87. The lowest BCUT2D eigenvalue weighted by Crippen LogP contribution is -2.16. The zero-order valence-electron chi connectivity index (χ0n) is 12.1. The van der Waals surface area contributed by atoms with Crippen LogP contribution in [0.15, 0.2) is 42.7 Å². The molecule has 0 saturated carbocycles. The molecule has 1 aromatic carbocycles. The number of hydrogen-bond donors (Lipinski definition) is 1. The Balaban J connectivity index is 1.98. The Bertz CT molecular complexity index is 858. The summed E-state index contributed by atoms with van der Waals surface area (Å²) in [7, 11) is 1.53. The van der Waals surface area contributed by atoms with Crippen LogP contribution in [0.3, 0.4) is 0 Å². The maximum atomic E-state index is 12.5. The van der Waals surface area contributed by atoms with Gasteiger partial charge in [0.2, 0.25) is 0 Å². The third-order valence-electron chi connectivity index (χ3n) is 3.39. The van der Waals surface area contributed by atoms with Gasteiger partial charge < -0.3 is 10.1 Å². The van der Waals surface area contributed by atoms with Gasteiger partial charge in [0.1, 0.15) is 17.1 Å². The van der Waals surface area contributed by atoms with Gasteiger partial charge >= 0.3 is 0 Å². The molecule has 0 aliphatic rings. The Morgan fingerprint density at radius 2 is 2.18 bits per heavy atom. The van der Waals surface area contributed by atoms with Crippen LogP contribution in [-0.4, -0.2) is 22.4 Å². The first-order chi connectivity index (χ1) is 10.6. The van der Waals surface area contributed by atoms with Gasteiger partial charge in [0.25, 0.3) is 5.91 Å². The van der Waals surface area contributed by atoms with E-state index >= 15 is 0 Å². The maximum absolute atomic E-state index is 12.5. The van der Waals surface area contributed by atoms with Crippen LogP contribution in [0.25, 0.3) is 5.65 Å². The van der Waals surface area contributed by atoms with Crippen molar-refractivity contribution in [1.29, 1.82) is 0 Å². The van der Waals surface area contributed by atoms with Crippen molar-refractivity contribution in [3.8, 4) is 5.75 Å². The van der Waals surface area contributed by atoms with Crippen LogP contribution in [-0.2, 0) is 0 Å². The fourth-order valence-electron chi connectivity index (χ4n) is 2.25. The van der Waals surface area contributed by atoms with E-state index in [1.807, 2.05) is 13.0 Å². The minimum absolute atomic E-state index is 0.247. The number of amides is 1. The largest absolute Gasteiger partial charge is 0.495 e. The number of carbonyl (C=O) groups is 1. The number of imidazole rings is 1. The first kappa shape index (κ1) is 14.4. The summed E-state index contributed by atoms with van der Waals surface area (Å²) in [6.07, 6.45) is 3.40. The van der Waals surface area contributed by atoms with Gasteiger partial charge in [-0.3, -0.25) is 9.20 Å². The number of anilines is 1. The molecule has 0 saturated heterocycles. The van der Waals surface area contributed by atoms with E-state index in [1.165, 1.54) is 7.11 Å². The van der Waals surface area contributed by atoms with Crippen LogP contribution < -0.4 is 10.1 Å². The van der Waals surface area contributed by atoms with Gasteiger partial charge in [-0.25, -0.2) is 4.98 Å². The van der Waals surface area contributed by atoms with Gasteiger partial charge in [-0.2, -0.15) is 0 Å². The zero-order valence-corrected chi connectivity index (χ0v) is 12.9. The van der Waals surface area contributed by atoms with E-state index in [1.54, 1.807) is 41.1 Å². The van der Waals surface area contributed by atoms with Crippen LogP contribution in [0, 0.1) is 6.92 Å². The van der Waals surface area contributed by atoms with Crippen LogP contribution in [0.4, 0.5) is 5.69 Å². The zero-order chi connectivity index (χ0) is 15.7. The number of rotatable bonds is 3. The minimum Gasteiger partial charge on any atom is -0.495 e. The van der Waals surface area contributed by atoms with Gasteiger partial charge in [0.05, 0.1) is 12.8 Å². The average Bonchev–Trinajstić information content (AvgIpc) is 2.98. The first-order valence-electron chi connectivity index (χ1n) is 6.67. The molecule has 1 N–H and O–H groups in total. The fraction of sp³-hybridized carbons (Fsp3) is 0.125. The molecule has 3 aromatic rings. The molecule has 112 valence electrons. The summed E-state index contributed by atoms with van der Waals surface area (Å²) in [5.41, 5.74) is 2.64. The quantitative estimate of drug-likeness (QED) is 0.804. The summed E-state index contributed by atoms with van der Waals surface area (Å²) >= 11 is 6.08. The Morgan fingerprint density at radius 3 is 2.95 bits per heavy atom. The topological polar surface area (TPSA) is 55.6 Å². The van der Waals surface area contributed by atoms with Crippen LogP contribution >= 0.6 is 11.6 Å². The number of aromatic nitrogens is 2. The van der Waals surface area contributed by atoms with Gasteiger partial charge in [-0.15, -0.1) is 0 Å². The first-order valence-corrected chi connectivity index (χ1v) is 7.05. The predicted molar refractivity (Wildman–Crippen MR) is 85.9 cm³/mol. The second-order valence-corrected chi connectivity index (χ2v) is 5.23. The molecule has 0 bridgehead atoms. The van der Waals surface area contributed by atoms with Gasteiger partial charge in [0.15, 0.2) is 0 Å². The minimum atomic E-state index is -0.247. The summed E-state index contributed by atoms with van der Waals surface area (Å²) in [5, 5.41) is 3.45. The van der Waals surface area contributed by atoms with Crippen LogP contribution in [0.2, 0.25) is 5.02 Å². The number of hydrogen-bond acceptors (Lipinski definition) is 3. The fourth-order valence-corrected chi connectivity index (χ4v) is 2.40. The molecule has 2 heterocycles. The van der Waals surface area contributed by atoms with E-state index < -0.39 is 0 Å². The van der Waals surface area contributed by atoms with Crippen molar-refractivity contribution in [3.63, 3.8) is 0 Å². The van der Waals surface area contributed by atoms with Crippen molar-refractivity contribution >= 4 is 28.8 Å². The Morgan fingerprint density at radius 1 is 1.36 bits per heavy atom. The molecule has 0 spiro atoms. The number of methoxy groups -OCH3 is 1. The second kappa shape index (κ2) is 5.69. The standard InChI is InChI=1S/C16H14ClN3O2/c1-10-8-12(14(22-2)9-11(10)17)19-16(21)13-4-3-5-15-18-6-7-20(13)15/h3-9H,1-2H3,(H,19,21). The summed E-state index contributed by atoms with van der Waals surface area (Å²) < 4.78 is 7.00. The normalized spacial score (nSPS) is 10.7. The number of ether oxygens (including phenoxy) is 1. The van der Waals surface area contributed by atoms with Crippen molar-refractivity contribution in [2.24, 2.45) is 0 Å². The Hall–Kier alpha value is -2.53. The maximum Gasteiger partial charge on any atom is 0.272 e. The lowest BCUT2D eigenvalue weighted by Gasteiger charge is -2.13. The lowest BCUT2D eigenvalue weighted by molar-refractivity contribution is 0.102. The SMILES string of the molecule is COc1cc(Cl)c(C)cc1NC(=O)c1cccc2nccn12. The van der Waals surface area contributed by atoms with Gasteiger partial charge in [-0.05, 0) is 30.7 Å². The van der Waals surface area contributed by atoms with Crippen LogP contribution in [0.5, 0.6) is 5.75 Å². The second-order valence-electron chi connectivity index (χ2n) is 4.82. The van der Waals surface area contributed by atoms with Crippen molar-refractivity contribution in [2.45, 2.75) is 6.92 Å². The summed E-state index contributed by atoms with van der Waals surface area (Å²) in [5.74, 6) is 0.269. The number of aryl methyl sites for hydroxylation is 1. The molecule has 6 heteroatoms. The molecule has 0 radical (unpaired) electrons. The Kier molecular flexibility index (Phi) is 3.73. The number of halogens is 1. The Labute approximate surface area is 132 Å². The van der Waals surface area contributed by atoms with Crippen molar-refractivity contribution in [2.75, 3.05) is 12.4 Å². The molecule has 1 amide bonds. The van der Waals surface area contributed by atoms with Gasteiger partial charge in [-0.1, -0.05) is 17.7 Å². The van der Waals surface area contributed by atoms with E-state index in [0.29, 0.717) is 27.8 Å². The number of pyridine rings is 1. The monoisotopic (exact) mass is 315 g/mol. The van der Waals surface area contributed by atoms with E-state index in [-0.39, 0.29) is 5.91 Å².